The Bertz CT molecular complexity index is 541. The maximum Gasteiger partial charge on any atom is 0.330 e. The van der Waals surface area contributed by atoms with Gasteiger partial charge in [-0.05, 0) is 12.1 Å². The molecule has 0 aliphatic heterocycles. The van der Waals surface area contributed by atoms with E-state index < -0.39 is 28.5 Å². The molecule has 0 saturated heterocycles. The topological polar surface area (TPSA) is 92.7 Å². The fourth-order valence-electron chi connectivity index (χ4n) is 1.52. The minimum atomic E-state index is -3.41. The lowest BCUT2D eigenvalue weighted by atomic mass is 10.2. The van der Waals surface area contributed by atoms with Crippen LogP contribution in [0.1, 0.15) is 6.92 Å². The number of esters is 1. The molecule has 0 spiro atoms. The zero-order valence-electron chi connectivity index (χ0n) is 10.8. The van der Waals surface area contributed by atoms with Crippen LogP contribution in [-0.2, 0) is 19.4 Å². The van der Waals surface area contributed by atoms with E-state index in [2.05, 4.69) is 10.1 Å². The summed E-state index contributed by atoms with van der Waals surface area (Å²) >= 11 is 0. The Morgan fingerprint density at radius 2 is 2.05 bits per heavy atom. The Hall–Kier alpha value is -1.60. The smallest absolute Gasteiger partial charge is 0.330 e. The van der Waals surface area contributed by atoms with Gasteiger partial charge in [-0.2, -0.15) is 0 Å². The van der Waals surface area contributed by atoms with Crippen LogP contribution < -0.4 is 5.32 Å². The van der Waals surface area contributed by atoms with Crippen LogP contribution in [0.4, 0.5) is 5.69 Å². The number of benzene rings is 1. The van der Waals surface area contributed by atoms with Crippen molar-refractivity contribution in [2.24, 2.45) is 0 Å². The van der Waals surface area contributed by atoms with Crippen molar-refractivity contribution in [3.8, 4) is 0 Å². The van der Waals surface area contributed by atoms with E-state index in [-0.39, 0.29) is 16.3 Å². The molecule has 1 aromatic rings. The van der Waals surface area contributed by atoms with Gasteiger partial charge < -0.3 is 15.2 Å². The van der Waals surface area contributed by atoms with E-state index in [0.29, 0.717) is 0 Å². The number of aliphatic hydroxyl groups excluding tert-OH is 1. The minimum absolute atomic E-state index is 0.0479. The maximum atomic E-state index is 11.9. The van der Waals surface area contributed by atoms with Crippen LogP contribution >= 0.6 is 0 Å². The molecule has 0 saturated carbocycles. The summed E-state index contributed by atoms with van der Waals surface area (Å²) in [6.45, 7) is 1.04. The fourth-order valence-corrected chi connectivity index (χ4v) is 2.58. The van der Waals surface area contributed by atoms with E-state index in [0.717, 1.165) is 0 Å². The maximum absolute atomic E-state index is 11.9. The summed E-state index contributed by atoms with van der Waals surface area (Å²) in [6, 6.07) is 5.22. The van der Waals surface area contributed by atoms with Crippen molar-refractivity contribution in [2.45, 2.75) is 17.9 Å². The summed E-state index contributed by atoms with van der Waals surface area (Å²) in [5.74, 6) is -0.709. The number of para-hydroxylation sites is 1. The SMILES string of the molecule is CCS(=O)(=O)c1ccccc1NC(CO)C(=O)OC. The summed E-state index contributed by atoms with van der Waals surface area (Å²) in [5.41, 5.74) is 0.272. The Balaban J connectivity index is 3.12. The highest BCUT2D eigenvalue weighted by Crippen LogP contribution is 2.22. The molecule has 1 rings (SSSR count). The first-order chi connectivity index (χ1) is 8.96. The molecule has 0 heterocycles. The van der Waals surface area contributed by atoms with E-state index >= 15 is 0 Å². The number of ether oxygens (including phenoxy) is 1. The zero-order chi connectivity index (χ0) is 14.5. The number of carbonyl (C=O) groups is 1. The summed E-state index contributed by atoms with van der Waals surface area (Å²) in [7, 11) is -2.22. The van der Waals surface area contributed by atoms with E-state index in [1.165, 1.54) is 26.2 Å². The van der Waals surface area contributed by atoms with Gasteiger partial charge in [0.05, 0.1) is 30.1 Å². The second-order valence-corrected chi connectivity index (χ2v) is 6.05. The number of rotatable bonds is 6. The van der Waals surface area contributed by atoms with Crippen LogP contribution in [0.3, 0.4) is 0 Å². The molecule has 0 bridgehead atoms. The van der Waals surface area contributed by atoms with Gasteiger partial charge in [-0.1, -0.05) is 19.1 Å². The summed E-state index contributed by atoms with van der Waals surface area (Å²) in [4.78, 5) is 11.5. The van der Waals surface area contributed by atoms with Gasteiger partial charge in [0.15, 0.2) is 9.84 Å². The Morgan fingerprint density at radius 3 is 2.58 bits per heavy atom. The molecule has 1 atom stereocenters. The Morgan fingerprint density at radius 1 is 1.42 bits per heavy atom. The highest BCUT2D eigenvalue weighted by molar-refractivity contribution is 7.91. The predicted molar refractivity (Wildman–Crippen MR) is 70.7 cm³/mol. The van der Waals surface area contributed by atoms with Gasteiger partial charge in [0.1, 0.15) is 6.04 Å². The van der Waals surface area contributed by atoms with E-state index in [1.807, 2.05) is 0 Å². The van der Waals surface area contributed by atoms with Gasteiger partial charge in [0.2, 0.25) is 0 Å². The molecule has 1 aromatic carbocycles. The normalized spacial score (nSPS) is 12.8. The third-order valence-electron chi connectivity index (χ3n) is 2.60. The molecular formula is C12H17NO5S. The van der Waals surface area contributed by atoms with Gasteiger partial charge in [-0.3, -0.25) is 0 Å². The molecule has 6 nitrogen and oxygen atoms in total. The first-order valence-corrected chi connectivity index (χ1v) is 7.38. The fraction of sp³-hybridized carbons (Fsp3) is 0.417. The number of aliphatic hydroxyl groups is 1. The molecule has 0 radical (unpaired) electrons. The first kappa shape index (κ1) is 15.5. The molecule has 0 aliphatic carbocycles. The second kappa shape index (κ2) is 6.53. The van der Waals surface area contributed by atoms with Crippen molar-refractivity contribution in [2.75, 3.05) is 24.8 Å². The highest BCUT2D eigenvalue weighted by atomic mass is 32.2. The van der Waals surface area contributed by atoms with Crippen molar-refractivity contribution in [3.63, 3.8) is 0 Å². The number of sulfone groups is 1. The van der Waals surface area contributed by atoms with Crippen molar-refractivity contribution in [3.05, 3.63) is 24.3 Å². The standard InChI is InChI=1S/C12H17NO5S/c1-3-19(16,17)11-7-5-4-6-9(11)13-10(8-14)12(15)18-2/h4-7,10,13-14H,3,8H2,1-2H3. The summed E-state index contributed by atoms with van der Waals surface area (Å²) < 4.78 is 28.3. The van der Waals surface area contributed by atoms with Gasteiger partial charge in [0.25, 0.3) is 0 Å². The second-order valence-electron chi connectivity index (χ2n) is 3.80. The molecule has 0 aliphatic rings. The van der Waals surface area contributed by atoms with Crippen molar-refractivity contribution in [1.29, 1.82) is 0 Å². The van der Waals surface area contributed by atoms with Gasteiger partial charge in [-0.15, -0.1) is 0 Å². The van der Waals surface area contributed by atoms with Crippen LogP contribution in [-0.4, -0.2) is 45.0 Å². The molecule has 0 amide bonds. The molecule has 0 aromatic heterocycles. The largest absolute Gasteiger partial charge is 0.467 e. The monoisotopic (exact) mass is 287 g/mol. The van der Waals surface area contributed by atoms with Crippen LogP contribution in [0.2, 0.25) is 0 Å². The number of hydrogen-bond acceptors (Lipinski definition) is 6. The minimum Gasteiger partial charge on any atom is -0.467 e. The average molecular weight is 287 g/mol. The molecule has 19 heavy (non-hydrogen) atoms. The van der Waals surface area contributed by atoms with Crippen LogP contribution in [0.15, 0.2) is 29.2 Å². The first-order valence-electron chi connectivity index (χ1n) is 5.73. The molecular weight excluding hydrogens is 270 g/mol. The Labute approximate surface area is 112 Å². The van der Waals surface area contributed by atoms with E-state index in [4.69, 9.17) is 5.11 Å². The van der Waals surface area contributed by atoms with Crippen molar-refractivity contribution in [1.82, 2.24) is 0 Å². The van der Waals surface area contributed by atoms with Crippen LogP contribution in [0, 0.1) is 0 Å². The zero-order valence-corrected chi connectivity index (χ0v) is 11.6. The third-order valence-corrected chi connectivity index (χ3v) is 4.39. The van der Waals surface area contributed by atoms with Gasteiger partial charge in [-0.25, -0.2) is 13.2 Å². The summed E-state index contributed by atoms with van der Waals surface area (Å²) in [5, 5.41) is 11.8. The van der Waals surface area contributed by atoms with Crippen molar-refractivity contribution >= 4 is 21.5 Å². The predicted octanol–water partition coefficient (Wildman–Crippen LogP) is 0.426. The lowest BCUT2D eigenvalue weighted by Gasteiger charge is -2.17. The van der Waals surface area contributed by atoms with Crippen LogP contribution in [0.5, 0.6) is 0 Å². The Kier molecular flexibility index (Phi) is 5.31. The number of hydrogen-bond donors (Lipinski definition) is 2. The number of nitrogens with one attached hydrogen (secondary N) is 1. The van der Waals surface area contributed by atoms with Crippen molar-refractivity contribution < 1.29 is 23.1 Å². The molecule has 1 unspecified atom stereocenters. The number of methoxy groups -OCH3 is 1. The number of carbonyl (C=O) groups excluding carboxylic acids is 1. The third kappa shape index (κ3) is 3.68. The molecule has 2 N–H and O–H groups in total. The van der Waals surface area contributed by atoms with Crippen LogP contribution in [0.25, 0.3) is 0 Å². The van der Waals surface area contributed by atoms with E-state index in [1.54, 1.807) is 12.1 Å². The number of anilines is 1. The average Bonchev–Trinajstić information content (AvgIpc) is 2.44. The van der Waals surface area contributed by atoms with Gasteiger partial charge >= 0.3 is 5.97 Å². The lowest BCUT2D eigenvalue weighted by Crippen LogP contribution is -2.34. The quantitative estimate of drug-likeness (QED) is 0.737. The molecule has 106 valence electrons. The molecule has 0 fully saturated rings. The van der Waals surface area contributed by atoms with E-state index in [9.17, 15) is 13.2 Å². The lowest BCUT2D eigenvalue weighted by molar-refractivity contribution is -0.142. The van der Waals surface area contributed by atoms with Gasteiger partial charge in [0, 0.05) is 0 Å². The summed E-state index contributed by atoms with van der Waals surface area (Å²) in [6.07, 6.45) is 0. The molecule has 7 heteroatoms. The highest BCUT2D eigenvalue weighted by Gasteiger charge is 2.22.